The topological polar surface area (TPSA) is 52.6 Å². The Labute approximate surface area is 119 Å². The Morgan fingerprint density at radius 1 is 1.10 bits per heavy atom. The summed E-state index contributed by atoms with van der Waals surface area (Å²) in [5, 5.41) is 0. The Bertz CT molecular complexity index is 531. The predicted octanol–water partition coefficient (Wildman–Crippen LogP) is 3.06. The van der Waals surface area contributed by atoms with Crippen LogP contribution >= 0.6 is 0 Å². The van der Waals surface area contributed by atoms with Crippen LogP contribution in [0.5, 0.6) is 0 Å². The number of hydrogen-bond acceptors (Lipinski definition) is 4. The summed E-state index contributed by atoms with van der Waals surface area (Å²) in [7, 11) is 0. The molecule has 0 N–H and O–H groups in total. The van der Waals surface area contributed by atoms with Crippen LogP contribution in [0.25, 0.3) is 0 Å². The standard InChI is InChI=1S/C16H20O4/c1-10(2)13-16(3,4)9-19-14(17)11-7-5-6-8-12(11)15(18)20-13/h5-8,10,13H,9H2,1-4H3. The van der Waals surface area contributed by atoms with E-state index in [0.717, 1.165) is 0 Å². The van der Waals surface area contributed by atoms with Gasteiger partial charge in [0.15, 0.2) is 0 Å². The second-order valence-electron chi connectivity index (χ2n) is 6.18. The first-order valence-electron chi connectivity index (χ1n) is 6.80. The summed E-state index contributed by atoms with van der Waals surface area (Å²) < 4.78 is 11.0. The van der Waals surface area contributed by atoms with Crippen LogP contribution < -0.4 is 0 Å². The SMILES string of the molecule is CC(C)C1OC(=O)c2ccccc2C(=O)OCC1(C)C. The lowest BCUT2D eigenvalue weighted by molar-refractivity contribution is -0.0500. The van der Waals surface area contributed by atoms with Crippen LogP contribution in [-0.4, -0.2) is 24.6 Å². The fourth-order valence-electron chi connectivity index (χ4n) is 2.63. The molecule has 1 aromatic carbocycles. The van der Waals surface area contributed by atoms with Gasteiger partial charge in [-0.3, -0.25) is 0 Å². The van der Waals surface area contributed by atoms with E-state index in [2.05, 4.69) is 0 Å². The Hall–Kier alpha value is -1.84. The summed E-state index contributed by atoms with van der Waals surface area (Å²) in [5.41, 5.74) is 0.0974. The molecule has 4 heteroatoms. The monoisotopic (exact) mass is 276 g/mol. The maximum atomic E-state index is 12.3. The van der Waals surface area contributed by atoms with Crippen molar-refractivity contribution in [1.29, 1.82) is 0 Å². The third kappa shape index (κ3) is 2.69. The molecule has 1 heterocycles. The van der Waals surface area contributed by atoms with Crippen molar-refractivity contribution >= 4 is 11.9 Å². The number of benzene rings is 1. The van der Waals surface area contributed by atoms with Gasteiger partial charge in [0.1, 0.15) is 12.7 Å². The zero-order chi connectivity index (χ0) is 14.9. The van der Waals surface area contributed by atoms with Gasteiger partial charge in [-0.25, -0.2) is 9.59 Å². The molecule has 4 nitrogen and oxygen atoms in total. The number of carbonyl (C=O) groups excluding carboxylic acids is 2. The molecule has 0 bridgehead atoms. The molecule has 0 aromatic heterocycles. The molecule has 1 unspecified atom stereocenters. The van der Waals surface area contributed by atoms with Crippen molar-refractivity contribution in [1.82, 2.24) is 0 Å². The molecule has 2 rings (SSSR count). The maximum absolute atomic E-state index is 12.3. The highest BCUT2D eigenvalue weighted by Crippen LogP contribution is 2.32. The first-order chi connectivity index (χ1) is 9.33. The van der Waals surface area contributed by atoms with Crippen molar-refractivity contribution in [3.8, 4) is 0 Å². The van der Waals surface area contributed by atoms with Gasteiger partial charge in [0, 0.05) is 5.41 Å². The summed E-state index contributed by atoms with van der Waals surface area (Å²) in [6.45, 7) is 8.08. The number of carbonyl (C=O) groups is 2. The smallest absolute Gasteiger partial charge is 0.339 e. The molecule has 0 radical (unpaired) electrons. The van der Waals surface area contributed by atoms with Gasteiger partial charge in [0.25, 0.3) is 0 Å². The molecule has 0 saturated heterocycles. The van der Waals surface area contributed by atoms with E-state index in [-0.39, 0.29) is 29.8 Å². The van der Waals surface area contributed by atoms with Gasteiger partial charge < -0.3 is 9.47 Å². The Balaban J connectivity index is 2.46. The molecule has 1 aliphatic rings. The van der Waals surface area contributed by atoms with Crippen LogP contribution in [0.3, 0.4) is 0 Å². The largest absolute Gasteiger partial charge is 0.461 e. The number of hydrogen-bond donors (Lipinski definition) is 0. The highest BCUT2D eigenvalue weighted by atomic mass is 16.6. The normalized spacial score (nSPS) is 22.1. The molecule has 1 atom stereocenters. The molecular weight excluding hydrogens is 256 g/mol. The van der Waals surface area contributed by atoms with E-state index in [1.54, 1.807) is 24.3 Å². The quantitative estimate of drug-likeness (QED) is 0.740. The predicted molar refractivity (Wildman–Crippen MR) is 74.5 cm³/mol. The van der Waals surface area contributed by atoms with Gasteiger partial charge in [-0.1, -0.05) is 39.8 Å². The molecule has 20 heavy (non-hydrogen) atoms. The molecule has 0 amide bonds. The molecule has 1 aromatic rings. The van der Waals surface area contributed by atoms with Crippen LogP contribution in [0.15, 0.2) is 24.3 Å². The summed E-state index contributed by atoms with van der Waals surface area (Å²) in [6, 6.07) is 6.59. The molecule has 0 aliphatic carbocycles. The lowest BCUT2D eigenvalue weighted by Gasteiger charge is -2.35. The fourth-order valence-corrected chi connectivity index (χ4v) is 2.63. The maximum Gasteiger partial charge on any atom is 0.339 e. The van der Waals surface area contributed by atoms with E-state index in [1.807, 2.05) is 27.7 Å². The third-order valence-corrected chi connectivity index (χ3v) is 3.55. The number of fused-ring (bicyclic) bond motifs is 1. The van der Waals surface area contributed by atoms with Gasteiger partial charge in [-0.15, -0.1) is 0 Å². The lowest BCUT2D eigenvalue weighted by atomic mass is 9.81. The Kier molecular flexibility index (Phi) is 3.84. The average molecular weight is 276 g/mol. The molecule has 108 valence electrons. The van der Waals surface area contributed by atoms with Gasteiger partial charge in [0.2, 0.25) is 0 Å². The van der Waals surface area contributed by atoms with E-state index < -0.39 is 17.4 Å². The summed E-state index contributed by atoms with van der Waals surface area (Å²) >= 11 is 0. The number of esters is 2. The first-order valence-corrected chi connectivity index (χ1v) is 6.80. The minimum Gasteiger partial charge on any atom is -0.461 e. The van der Waals surface area contributed by atoms with Crippen LogP contribution in [-0.2, 0) is 9.47 Å². The number of cyclic esters (lactones) is 2. The van der Waals surface area contributed by atoms with Gasteiger partial charge in [-0.05, 0) is 18.1 Å². The van der Waals surface area contributed by atoms with Crippen molar-refractivity contribution < 1.29 is 19.1 Å². The van der Waals surface area contributed by atoms with Crippen molar-refractivity contribution in [2.45, 2.75) is 33.8 Å². The van der Waals surface area contributed by atoms with Gasteiger partial charge in [-0.2, -0.15) is 0 Å². The minimum atomic E-state index is -0.477. The van der Waals surface area contributed by atoms with Crippen molar-refractivity contribution in [2.24, 2.45) is 11.3 Å². The molecular formula is C16H20O4. The van der Waals surface area contributed by atoms with E-state index in [4.69, 9.17) is 9.47 Å². The van der Waals surface area contributed by atoms with Gasteiger partial charge >= 0.3 is 11.9 Å². The highest BCUT2D eigenvalue weighted by molar-refractivity contribution is 6.03. The van der Waals surface area contributed by atoms with Crippen LogP contribution in [0.1, 0.15) is 48.4 Å². The molecule has 0 saturated carbocycles. The summed E-state index contributed by atoms with van der Waals surface area (Å²) in [5.74, 6) is -0.806. The Morgan fingerprint density at radius 3 is 2.20 bits per heavy atom. The Morgan fingerprint density at radius 2 is 1.65 bits per heavy atom. The zero-order valence-electron chi connectivity index (χ0n) is 12.3. The molecule has 1 aliphatic heterocycles. The second-order valence-corrected chi connectivity index (χ2v) is 6.18. The van der Waals surface area contributed by atoms with Crippen molar-refractivity contribution in [3.05, 3.63) is 35.4 Å². The zero-order valence-corrected chi connectivity index (χ0v) is 12.3. The van der Waals surface area contributed by atoms with E-state index in [0.29, 0.717) is 0 Å². The van der Waals surface area contributed by atoms with Crippen LogP contribution in [0.4, 0.5) is 0 Å². The van der Waals surface area contributed by atoms with Crippen LogP contribution in [0.2, 0.25) is 0 Å². The van der Waals surface area contributed by atoms with Gasteiger partial charge in [0.05, 0.1) is 11.1 Å². The third-order valence-electron chi connectivity index (χ3n) is 3.55. The van der Waals surface area contributed by atoms with E-state index in [1.165, 1.54) is 0 Å². The van der Waals surface area contributed by atoms with Crippen molar-refractivity contribution in [2.75, 3.05) is 6.61 Å². The van der Waals surface area contributed by atoms with Crippen LogP contribution in [0, 0.1) is 11.3 Å². The summed E-state index contributed by atoms with van der Waals surface area (Å²) in [6.07, 6.45) is -0.311. The number of ether oxygens (including phenoxy) is 2. The average Bonchev–Trinajstić information content (AvgIpc) is 2.43. The fraction of sp³-hybridized carbons (Fsp3) is 0.500. The second kappa shape index (κ2) is 5.27. The van der Waals surface area contributed by atoms with E-state index in [9.17, 15) is 9.59 Å². The molecule has 0 fully saturated rings. The highest BCUT2D eigenvalue weighted by Gasteiger charge is 2.38. The molecule has 0 spiro atoms. The van der Waals surface area contributed by atoms with E-state index >= 15 is 0 Å². The number of rotatable bonds is 1. The first kappa shape index (κ1) is 14.6. The lowest BCUT2D eigenvalue weighted by Crippen LogP contribution is -2.40. The summed E-state index contributed by atoms with van der Waals surface area (Å²) in [4.78, 5) is 24.4. The van der Waals surface area contributed by atoms with Crippen molar-refractivity contribution in [3.63, 3.8) is 0 Å². The minimum absolute atomic E-state index is 0.137.